The van der Waals surface area contributed by atoms with Crippen LogP contribution in [0.5, 0.6) is 0 Å². The number of hydrogen-bond donors (Lipinski definition) is 0. The van der Waals surface area contributed by atoms with Gasteiger partial charge in [0.25, 0.3) is 6.47 Å². The molecule has 0 spiro atoms. The third-order valence-corrected chi connectivity index (χ3v) is 1.97. The molecule has 0 rings (SSSR count). The van der Waals surface area contributed by atoms with Gasteiger partial charge in [-0.25, -0.2) is 0 Å². The van der Waals surface area contributed by atoms with Gasteiger partial charge in [0, 0.05) is 0 Å². The maximum absolute atomic E-state index is 9.75. The Morgan fingerprint density at radius 3 is 2.89 bits per heavy atom. The first-order valence-electron chi connectivity index (χ1n) is 2.71. The lowest BCUT2D eigenvalue weighted by atomic mass is 10.4. The lowest BCUT2D eigenvalue weighted by Gasteiger charge is -2.07. The van der Waals surface area contributed by atoms with E-state index in [9.17, 15) is 4.79 Å². The van der Waals surface area contributed by atoms with Gasteiger partial charge in [-0.2, -0.15) is 0 Å². The minimum Gasteiger partial charge on any atom is -0.452 e. The van der Waals surface area contributed by atoms with Gasteiger partial charge in [-0.3, -0.25) is 4.79 Å². The second-order valence-electron chi connectivity index (χ2n) is 1.54. The first kappa shape index (κ1) is 9.11. The molecule has 0 radical (unpaired) electrons. The van der Waals surface area contributed by atoms with Crippen LogP contribution in [0.2, 0.25) is 0 Å². The summed E-state index contributed by atoms with van der Waals surface area (Å²) < 4.78 is 4.58. The number of rotatable bonds is 5. The summed E-state index contributed by atoms with van der Waals surface area (Å²) >= 11 is 0. The first-order chi connectivity index (χ1) is 4.35. The molecule has 0 heterocycles. The zero-order chi connectivity index (χ0) is 7.11. The zero-order valence-electron chi connectivity index (χ0n) is 5.17. The second kappa shape index (κ2) is 6.23. The van der Waals surface area contributed by atoms with E-state index < -0.39 is 0 Å². The van der Waals surface area contributed by atoms with E-state index in [-0.39, 0.29) is 5.44 Å². The smallest absolute Gasteiger partial charge is 0.294 e. The van der Waals surface area contributed by atoms with Gasteiger partial charge in [0.05, 0.1) is 0 Å². The SMILES string of the molecule is CCCC(OC=O)SCl. The van der Waals surface area contributed by atoms with Crippen LogP contribution in [0.25, 0.3) is 0 Å². The van der Waals surface area contributed by atoms with Crippen molar-refractivity contribution < 1.29 is 9.53 Å². The molecule has 0 fully saturated rings. The minimum absolute atomic E-state index is 0.172. The highest BCUT2D eigenvalue weighted by Gasteiger charge is 2.05. The third-order valence-electron chi connectivity index (χ3n) is 0.831. The Hall–Kier alpha value is 0.110. The molecule has 4 heteroatoms. The normalized spacial score (nSPS) is 12.7. The molecule has 0 saturated carbocycles. The summed E-state index contributed by atoms with van der Waals surface area (Å²) in [5, 5.41) is 0. The van der Waals surface area contributed by atoms with E-state index in [2.05, 4.69) is 4.74 Å². The van der Waals surface area contributed by atoms with Gasteiger partial charge >= 0.3 is 0 Å². The van der Waals surface area contributed by atoms with Crippen molar-refractivity contribution in [3.63, 3.8) is 0 Å². The van der Waals surface area contributed by atoms with Crippen LogP contribution >= 0.6 is 21.7 Å². The fraction of sp³-hybridized carbons (Fsp3) is 0.800. The van der Waals surface area contributed by atoms with Crippen molar-refractivity contribution in [2.45, 2.75) is 25.2 Å². The molecule has 0 N–H and O–H groups in total. The molecule has 0 aliphatic rings. The first-order valence-corrected chi connectivity index (χ1v) is 4.42. The van der Waals surface area contributed by atoms with Gasteiger partial charge in [-0.15, -0.1) is 0 Å². The van der Waals surface area contributed by atoms with Crippen LogP contribution in [-0.2, 0) is 9.53 Å². The van der Waals surface area contributed by atoms with E-state index in [1.807, 2.05) is 6.92 Å². The standard InChI is InChI=1S/C5H9ClO2S/c1-2-3-5(9-6)8-4-7/h4-5H,2-3H2,1H3. The fourth-order valence-corrected chi connectivity index (χ4v) is 1.24. The molecule has 54 valence electrons. The summed E-state index contributed by atoms with van der Waals surface area (Å²) in [6.45, 7) is 2.43. The van der Waals surface area contributed by atoms with Crippen LogP contribution in [0.3, 0.4) is 0 Å². The largest absolute Gasteiger partial charge is 0.452 e. The van der Waals surface area contributed by atoms with Crippen LogP contribution in [0, 0.1) is 0 Å². The summed E-state index contributed by atoms with van der Waals surface area (Å²) in [4.78, 5) is 9.75. The van der Waals surface area contributed by atoms with E-state index in [1.165, 1.54) is 0 Å². The molecule has 0 aromatic carbocycles. The number of carbonyl (C=O) groups excluding carboxylic acids is 1. The average molecular weight is 169 g/mol. The van der Waals surface area contributed by atoms with Crippen molar-refractivity contribution in [3.8, 4) is 0 Å². The maximum atomic E-state index is 9.75. The summed E-state index contributed by atoms with van der Waals surface area (Å²) in [7, 11) is 6.40. The monoisotopic (exact) mass is 168 g/mol. The predicted molar refractivity (Wildman–Crippen MR) is 39.3 cm³/mol. The van der Waals surface area contributed by atoms with Gasteiger partial charge in [0.1, 0.15) is 0 Å². The Morgan fingerprint density at radius 2 is 2.56 bits per heavy atom. The quantitative estimate of drug-likeness (QED) is 0.465. The van der Waals surface area contributed by atoms with Crippen molar-refractivity contribution in [3.05, 3.63) is 0 Å². The molecule has 2 nitrogen and oxygen atoms in total. The topological polar surface area (TPSA) is 26.3 Å². The molecule has 1 atom stereocenters. The van der Waals surface area contributed by atoms with E-state index in [0.29, 0.717) is 6.47 Å². The van der Waals surface area contributed by atoms with E-state index in [1.54, 1.807) is 0 Å². The van der Waals surface area contributed by atoms with Crippen LogP contribution in [0.1, 0.15) is 19.8 Å². The highest BCUT2D eigenvalue weighted by atomic mass is 35.7. The van der Waals surface area contributed by atoms with Crippen molar-refractivity contribution >= 4 is 28.1 Å². The zero-order valence-corrected chi connectivity index (χ0v) is 6.74. The van der Waals surface area contributed by atoms with Crippen molar-refractivity contribution in [1.29, 1.82) is 0 Å². The summed E-state index contributed by atoms with van der Waals surface area (Å²) in [6.07, 6.45) is 1.78. The molecule has 0 aliphatic heterocycles. The lowest BCUT2D eigenvalue weighted by molar-refractivity contribution is -0.130. The molecule has 1 unspecified atom stereocenters. The third kappa shape index (κ3) is 4.60. The Morgan fingerprint density at radius 1 is 1.89 bits per heavy atom. The predicted octanol–water partition coefficient (Wildman–Crippen LogP) is 2.17. The van der Waals surface area contributed by atoms with Crippen LogP contribution in [0.15, 0.2) is 0 Å². The number of ether oxygens (including phenoxy) is 1. The molecule has 0 saturated heterocycles. The maximum Gasteiger partial charge on any atom is 0.294 e. The van der Waals surface area contributed by atoms with Crippen LogP contribution in [0.4, 0.5) is 0 Å². The Labute approximate surface area is 63.4 Å². The molecular formula is C5H9ClO2S. The lowest BCUT2D eigenvalue weighted by Crippen LogP contribution is -2.03. The van der Waals surface area contributed by atoms with Crippen molar-refractivity contribution in [1.82, 2.24) is 0 Å². The summed E-state index contributed by atoms with van der Waals surface area (Å²) in [6, 6.07) is 0. The molecule has 0 aliphatic carbocycles. The highest BCUT2D eigenvalue weighted by molar-refractivity contribution is 8.21. The molecule has 9 heavy (non-hydrogen) atoms. The van der Waals surface area contributed by atoms with Crippen molar-refractivity contribution in [2.75, 3.05) is 0 Å². The molecule has 0 amide bonds. The number of halogens is 1. The van der Waals surface area contributed by atoms with Gasteiger partial charge in [0.2, 0.25) is 0 Å². The second-order valence-corrected chi connectivity index (χ2v) is 2.78. The fourth-order valence-electron chi connectivity index (χ4n) is 0.431. The Balaban J connectivity index is 3.28. The molecule has 0 bridgehead atoms. The number of carbonyl (C=O) groups is 1. The Kier molecular flexibility index (Phi) is 6.31. The van der Waals surface area contributed by atoms with E-state index in [4.69, 9.17) is 10.7 Å². The van der Waals surface area contributed by atoms with E-state index in [0.717, 1.165) is 23.8 Å². The van der Waals surface area contributed by atoms with Gasteiger partial charge in [-0.05, 0) is 28.1 Å². The molecular weight excluding hydrogens is 160 g/mol. The van der Waals surface area contributed by atoms with Crippen LogP contribution in [-0.4, -0.2) is 11.9 Å². The summed E-state index contributed by atoms with van der Waals surface area (Å²) in [5.74, 6) is 0. The van der Waals surface area contributed by atoms with E-state index >= 15 is 0 Å². The highest BCUT2D eigenvalue weighted by Crippen LogP contribution is 2.20. The van der Waals surface area contributed by atoms with Crippen molar-refractivity contribution in [2.24, 2.45) is 0 Å². The average Bonchev–Trinajstić information content (AvgIpc) is 1.88. The van der Waals surface area contributed by atoms with Crippen LogP contribution < -0.4 is 0 Å². The molecule has 0 aromatic rings. The van der Waals surface area contributed by atoms with Gasteiger partial charge in [-0.1, -0.05) is 13.3 Å². The van der Waals surface area contributed by atoms with Gasteiger partial charge < -0.3 is 4.74 Å². The van der Waals surface area contributed by atoms with Gasteiger partial charge in [0.15, 0.2) is 5.44 Å². The molecule has 0 aromatic heterocycles. The summed E-state index contributed by atoms with van der Waals surface area (Å²) in [5.41, 5.74) is -0.172. The Bertz CT molecular complexity index is 79.4. The minimum atomic E-state index is -0.172. The number of hydrogen-bond acceptors (Lipinski definition) is 3.